The molecule has 0 spiro atoms. The molecule has 0 saturated heterocycles. The van der Waals surface area contributed by atoms with Gasteiger partial charge in [0.25, 0.3) is 10.1 Å². The van der Waals surface area contributed by atoms with E-state index in [0.717, 1.165) is 29.3 Å². The number of azo groups is 2. The van der Waals surface area contributed by atoms with E-state index in [1.807, 2.05) is 26.0 Å². The van der Waals surface area contributed by atoms with Crippen molar-refractivity contribution in [1.29, 1.82) is 0 Å². The molecule has 0 atom stereocenters. The minimum Gasteiger partial charge on any atom is -0.871 e. The maximum absolute atomic E-state index is 12.1. The fourth-order valence-corrected chi connectivity index (χ4v) is 3.01. The summed E-state index contributed by atoms with van der Waals surface area (Å²) in [7, 11) is -4.31. The molecule has 3 aromatic rings. The molecule has 0 unspecified atom stereocenters. The average Bonchev–Trinajstić information content (AvgIpc) is 2.67. The molecule has 11 heteroatoms. The van der Waals surface area contributed by atoms with Gasteiger partial charge >= 0.3 is 29.6 Å². The molecule has 0 aliphatic carbocycles. The Kier molecular flexibility index (Phi) is 8.04. The molecule has 154 valence electrons. The molecule has 0 heterocycles. The number of benzene rings is 3. The summed E-state index contributed by atoms with van der Waals surface area (Å²) in [5.74, 6) is -0.916. The second kappa shape index (κ2) is 10.1. The van der Waals surface area contributed by atoms with Gasteiger partial charge in [0.15, 0.2) is 0 Å². The normalized spacial score (nSPS) is 11.7. The Balaban J connectivity index is 0.00000341. The van der Waals surface area contributed by atoms with Crippen LogP contribution >= 0.6 is 0 Å². The van der Waals surface area contributed by atoms with Crippen LogP contribution in [0.15, 0.2) is 79.9 Å². The predicted molar refractivity (Wildman–Crippen MR) is 108 cm³/mol. The third kappa shape index (κ3) is 6.42. The molecule has 0 fully saturated rings. The molecule has 0 radical (unpaired) electrons. The number of aryl methyl sites for hydroxylation is 2. The van der Waals surface area contributed by atoms with Crippen LogP contribution in [0.25, 0.3) is 0 Å². The summed E-state index contributed by atoms with van der Waals surface area (Å²) < 4.78 is 31.1. The van der Waals surface area contributed by atoms with Gasteiger partial charge in [-0.15, -0.1) is 5.11 Å². The van der Waals surface area contributed by atoms with Crippen LogP contribution in [0.5, 0.6) is 11.5 Å². The van der Waals surface area contributed by atoms with E-state index in [9.17, 15) is 18.6 Å². The zero-order valence-corrected chi connectivity index (χ0v) is 19.8. The summed E-state index contributed by atoms with van der Waals surface area (Å²) >= 11 is 0. The topological polar surface area (TPSA) is 147 Å². The summed E-state index contributed by atoms with van der Waals surface area (Å²) in [5.41, 5.74) is 2.82. The van der Waals surface area contributed by atoms with E-state index in [1.54, 1.807) is 6.07 Å². The smallest absolute Gasteiger partial charge is 0.871 e. The quantitative estimate of drug-likeness (QED) is 0.349. The summed E-state index contributed by atoms with van der Waals surface area (Å²) in [5, 5.41) is 37.9. The zero-order chi connectivity index (χ0) is 21.9. The molecule has 0 amide bonds. The largest absolute Gasteiger partial charge is 1.00 e. The monoisotopic (exact) mass is 448 g/mol. The van der Waals surface area contributed by atoms with Crippen molar-refractivity contribution < 1.29 is 52.7 Å². The predicted octanol–water partition coefficient (Wildman–Crippen LogP) is 2.16. The van der Waals surface area contributed by atoms with Gasteiger partial charge in [-0.05, 0) is 61.9 Å². The SMILES string of the molecule is Cc1ccc(N=Nc2cc(N=Nc3ccc(S(=O)(=O)O)cc3)c(O)cc2[O-])c(C)c1.[Na+]. The van der Waals surface area contributed by atoms with Gasteiger partial charge in [-0.1, -0.05) is 23.4 Å². The van der Waals surface area contributed by atoms with E-state index >= 15 is 0 Å². The van der Waals surface area contributed by atoms with Crippen LogP contribution in [0.1, 0.15) is 11.1 Å². The Bertz CT molecular complexity index is 1260. The summed E-state index contributed by atoms with van der Waals surface area (Å²) in [6.07, 6.45) is 0. The van der Waals surface area contributed by atoms with Crippen molar-refractivity contribution in [3.63, 3.8) is 0 Å². The number of nitrogens with zero attached hydrogens (tertiary/aromatic N) is 4. The van der Waals surface area contributed by atoms with Gasteiger partial charge in [0.05, 0.1) is 22.0 Å². The molecule has 0 aliphatic rings. The first kappa shape index (κ1) is 24.6. The van der Waals surface area contributed by atoms with Crippen LogP contribution < -0.4 is 34.7 Å². The first-order chi connectivity index (χ1) is 14.1. The Labute approximate surface area is 201 Å². The van der Waals surface area contributed by atoms with Crippen LogP contribution in [0.2, 0.25) is 0 Å². The van der Waals surface area contributed by atoms with Crippen molar-refractivity contribution in [2.45, 2.75) is 18.7 Å². The minimum absolute atomic E-state index is 0. The molecule has 3 aromatic carbocycles. The first-order valence-electron chi connectivity index (χ1n) is 8.66. The number of hydrogen-bond acceptors (Lipinski definition) is 8. The van der Waals surface area contributed by atoms with Crippen LogP contribution in [0.4, 0.5) is 22.7 Å². The average molecular weight is 448 g/mol. The summed E-state index contributed by atoms with van der Waals surface area (Å²) in [4.78, 5) is -0.283. The summed E-state index contributed by atoms with van der Waals surface area (Å²) in [6.45, 7) is 3.83. The van der Waals surface area contributed by atoms with Crippen molar-refractivity contribution in [3.05, 3.63) is 65.7 Å². The van der Waals surface area contributed by atoms with Gasteiger partial charge in [0.1, 0.15) is 11.4 Å². The van der Waals surface area contributed by atoms with E-state index in [2.05, 4.69) is 20.5 Å². The van der Waals surface area contributed by atoms with Crippen molar-refractivity contribution >= 4 is 32.9 Å². The van der Waals surface area contributed by atoms with E-state index in [1.165, 1.54) is 18.2 Å². The molecule has 9 nitrogen and oxygen atoms in total. The molecular formula is C20H17N4NaO5S. The van der Waals surface area contributed by atoms with E-state index in [0.29, 0.717) is 5.69 Å². The second-order valence-corrected chi connectivity index (χ2v) is 7.89. The maximum atomic E-state index is 12.1. The van der Waals surface area contributed by atoms with Gasteiger partial charge in [-0.25, -0.2) is 0 Å². The fraction of sp³-hybridized carbons (Fsp3) is 0.100. The van der Waals surface area contributed by atoms with Gasteiger partial charge in [0.2, 0.25) is 0 Å². The number of aromatic hydroxyl groups is 1. The number of phenolic OH excluding ortho intramolecular Hbond substituents is 1. The van der Waals surface area contributed by atoms with Crippen LogP contribution in [0, 0.1) is 13.8 Å². The standard InChI is InChI=1S/C20H18N4O5S.Na/c1-12-3-8-16(13(2)9-12)22-24-18-10-17(19(25)11-20(18)26)23-21-14-4-6-15(7-5-14)30(27,28)29;/h3-11,25-26H,1-2H3,(H,27,28,29);/q;+1/p-1. The molecule has 3 rings (SSSR count). The molecule has 0 aliphatic heterocycles. The molecule has 0 aromatic heterocycles. The Morgan fingerprint density at radius 1 is 0.806 bits per heavy atom. The molecule has 2 N–H and O–H groups in total. The van der Waals surface area contributed by atoms with Gasteiger partial charge < -0.3 is 10.2 Å². The molecular weight excluding hydrogens is 431 g/mol. The first-order valence-corrected chi connectivity index (χ1v) is 10.1. The third-order valence-electron chi connectivity index (χ3n) is 4.08. The molecule has 0 bridgehead atoms. The number of hydrogen-bond donors (Lipinski definition) is 2. The van der Waals surface area contributed by atoms with Crippen molar-refractivity contribution in [1.82, 2.24) is 0 Å². The minimum atomic E-state index is -4.31. The Morgan fingerprint density at radius 3 is 2.03 bits per heavy atom. The van der Waals surface area contributed by atoms with Crippen molar-refractivity contribution in [3.8, 4) is 11.5 Å². The van der Waals surface area contributed by atoms with E-state index in [4.69, 9.17) is 4.55 Å². The fourth-order valence-electron chi connectivity index (χ4n) is 2.53. The van der Waals surface area contributed by atoms with Crippen LogP contribution in [-0.4, -0.2) is 18.1 Å². The van der Waals surface area contributed by atoms with E-state index in [-0.39, 0.29) is 57.3 Å². The second-order valence-electron chi connectivity index (χ2n) is 6.47. The molecule has 0 saturated carbocycles. The van der Waals surface area contributed by atoms with Gasteiger partial charge in [-0.2, -0.15) is 23.8 Å². The number of phenols is 1. The summed E-state index contributed by atoms with van der Waals surface area (Å²) in [6, 6.07) is 12.8. The maximum Gasteiger partial charge on any atom is 1.00 e. The third-order valence-corrected chi connectivity index (χ3v) is 4.95. The van der Waals surface area contributed by atoms with Crippen LogP contribution in [0.3, 0.4) is 0 Å². The number of rotatable bonds is 5. The zero-order valence-electron chi connectivity index (χ0n) is 17.0. The van der Waals surface area contributed by atoms with Crippen molar-refractivity contribution in [2.75, 3.05) is 0 Å². The van der Waals surface area contributed by atoms with Crippen LogP contribution in [-0.2, 0) is 10.1 Å². The van der Waals surface area contributed by atoms with E-state index < -0.39 is 15.9 Å². The Morgan fingerprint density at radius 2 is 1.42 bits per heavy atom. The van der Waals surface area contributed by atoms with Gasteiger partial charge in [-0.3, -0.25) is 4.55 Å². The molecule has 31 heavy (non-hydrogen) atoms. The van der Waals surface area contributed by atoms with Gasteiger partial charge in [0, 0.05) is 0 Å². The Hall–Kier alpha value is -2.63. The van der Waals surface area contributed by atoms with Crippen molar-refractivity contribution in [2.24, 2.45) is 20.5 Å².